The number of aliphatic hydroxyl groups is 1. The maximum Gasteiger partial charge on any atom is 0.416 e. The number of alkyl halides is 3. The van der Waals surface area contributed by atoms with Gasteiger partial charge in [0.1, 0.15) is 12.4 Å². The van der Waals surface area contributed by atoms with Crippen molar-refractivity contribution in [3.05, 3.63) is 81.3 Å². The number of nitrogens with one attached hydrogen (secondary N) is 1. The lowest BCUT2D eigenvalue weighted by molar-refractivity contribution is -0.207. The van der Waals surface area contributed by atoms with Crippen LogP contribution in [0.3, 0.4) is 0 Å². The standard InChI is InChI=1S/C21H17Cl2F4N4O3/c1-11(14-3-2-4-15(23)18(14)24)28-17(33)10-31-20(34)30(9-16(32)21(25,26)27)19(29-31)12-5-7-13(22)8-6-12/h2-8,11,16,32H,1,9-10H2,(H,28,33)/t11?,16-/m0/s1. The third-order valence-electron chi connectivity index (χ3n) is 4.74. The van der Waals surface area contributed by atoms with Crippen LogP contribution >= 0.6 is 23.2 Å². The highest BCUT2D eigenvalue weighted by Gasteiger charge is 2.39. The zero-order valence-electron chi connectivity index (χ0n) is 17.2. The van der Waals surface area contributed by atoms with E-state index in [0.717, 1.165) is 0 Å². The zero-order chi connectivity index (χ0) is 25.2. The highest BCUT2D eigenvalue weighted by molar-refractivity contribution is 6.31. The Morgan fingerprint density at radius 1 is 1.18 bits per heavy atom. The summed E-state index contributed by atoms with van der Waals surface area (Å²) in [6.45, 7) is 1.79. The van der Waals surface area contributed by atoms with Gasteiger partial charge in [0.25, 0.3) is 0 Å². The first kappa shape index (κ1) is 25.7. The van der Waals surface area contributed by atoms with Gasteiger partial charge in [-0.1, -0.05) is 35.3 Å². The molecular weight excluding hydrogens is 503 g/mol. The maximum absolute atomic E-state index is 14.2. The molecule has 3 aromatic rings. The van der Waals surface area contributed by atoms with Gasteiger partial charge in [-0.2, -0.15) is 13.2 Å². The van der Waals surface area contributed by atoms with Crippen LogP contribution in [-0.4, -0.2) is 37.6 Å². The topological polar surface area (TPSA) is 89.2 Å². The van der Waals surface area contributed by atoms with Crippen molar-refractivity contribution in [2.75, 3.05) is 0 Å². The molecule has 0 spiro atoms. The molecule has 3 rings (SSSR count). The second-order valence-corrected chi connectivity index (χ2v) is 8.05. The Balaban J connectivity index is 1.89. The average molecular weight is 520 g/mol. The first-order valence-corrected chi connectivity index (χ1v) is 10.4. The zero-order valence-corrected chi connectivity index (χ0v) is 18.7. The van der Waals surface area contributed by atoms with Crippen molar-refractivity contribution >= 4 is 29.1 Å². The second kappa shape index (κ2) is 10.2. The summed E-state index contributed by atoms with van der Waals surface area (Å²) in [6.07, 6.45) is -7.84. The van der Waals surface area contributed by atoms with Crippen molar-refractivity contribution < 1.29 is 27.5 Å². The molecule has 0 saturated heterocycles. The van der Waals surface area contributed by atoms with Crippen LogP contribution in [0.2, 0.25) is 10.0 Å². The average Bonchev–Trinajstić information content (AvgIpc) is 3.05. The number of carbonyl (C=O) groups is 1. The Hall–Kier alpha value is -2.89. The summed E-state index contributed by atoms with van der Waals surface area (Å²) >= 11 is 11.6. The number of carbonyl (C=O) groups excluding carboxylic acids is 1. The van der Waals surface area contributed by atoms with Gasteiger partial charge in [0, 0.05) is 16.1 Å². The van der Waals surface area contributed by atoms with Crippen LogP contribution in [0.5, 0.6) is 0 Å². The van der Waals surface area contributed by atoms with E-state index in [2.05, 4.69) is 17.3 Å². The number of aromatic nitrogens is 3. The molecule has 34 heavy (non-hydrogen) atoms. The Morgan fingerprint density at radius 3 is 2.44 bits per heavy atom. The largest absolute Gasteiger partial charge is 0.416 e. The van der Waals surface area contributed by atoms with Crippen LogP contribution in [0, 0.1) is 12.7 Å². The molecule has 0 aliphatic carbocycles. The summed E-state index contributed by atoms with van der Waals surface area (Å²) in [5.74, 6) is -1.81. The van der Waals surface area contributed by atoms with E-state index >= 15 is 0 Å². The summed E-state index contributed by atoms with van der Waals surface area (Å²) < 4.78 is 54.1. The molecule has 1 radical (unpaired) electrons. The van der Waals surface area contributed by atoms with Crippen molar-refractivity contribution in [3.8, 4) is 11.4 Å². The van der Waals surface area contributed by atoms with E-state index in [4.69, 9.17) is 23.2 Å². The number of nitrogens with zero attached hydrogens (tertiary/aromatic N) is 3. The Morgan fingerprint density at radius 2 is 1.82 bits per heavy atom. The van der Waals surface area contributed by atoms with Crippen molar-refractivity contribution in [3.63, 3.8) is 0 Å². The lowest BCUT2D eigenvalue weighted by Crippen LogP contribution is -2.38. The summed E-state index contributed by atoms with van der Waals surface area (Å²) in [6, 6.07) is 8.76. The molecule has 0 aliphatic rings. The highest BCUT2D eigenvalue weighted by Crippen LogP contribution is 2.25. The molecule has 181 valence electrons. The maximum atomic E-state index is 14.2. The van der Waals surface area contributed by atoms with E-state index in [1.807, 2.05) is 0 Å². The SMILES string of the molecule is [CH2]C(NC(=O)Cn1nc(-c2ccc(Cl)cc2)n(C[C@H](O)C(F)(F)F)c1=O)c1cccc(Cl)c1F. The van der Waals surface area contributed by atoms with Gasteiger partial charge in [-0.05, 0) is 37.3 Å². The van der Waals surface area contributed by atoms with Crippen LogP contribution in [0.1, 0.15) is 11.6 Å². The van der Waals surface area contributed by atoms with Crippen LogP contribution in [0.15, 0.2) is 47.3 Å². The molecule has 1 unspecified atom stereocenters. The number of rotatable bonds is 7. The fourth-order valence-corrected chi connectivity index (χ4v) is 3.35. The summed E-state index contributed by atoms with van der Waals surface area (Å²) in [5.41, 5.74) is -0.849. The third-order valence-corrected chi connectivity index (χ3v) is 5.29. The summed E-state index contributed by atoms with van der Waals surface area (Å²) in [5, 5.41) is 16.0. The molecule has 1 aromatic heterocycles. The van der Waals surface area contributed by atoms with Gasteiger partial charge in [0.05, 0.1) is 17.6 Å². The fourth-order valence-electron chi connectivity index (χ4n) is 3.04. The quantitative estimate of drug-likeness (QED) is 0.465. The number of aliphatic hydroxyl groups excluding tert-OH is 1. The van der Waals surface area contributed by atoms with E-state index in [1.54, 1.807) is 0 Å². The van der Waals surface area contributed by atoms with Gasteiger partial charge in [0.15, 0.2) is 11.9 Å². The van der Waals surface area contributed by atoms with Gasteiger partial charge in [-0.15, -0.1) is 5.10 Å². The van der Waals surface area contributed by atoms with Crippen molar-refractivity contribution in [2.45, 2.75) is 31.4 Å². The summed E-state index contributed by atoms with van der Waals surface area (Å²) in [7, 11) is 0. The number of hydrogen-bond acceptors (Lipinski definition) is 4. The normalized spacial score (nSPS) is 13.5. The van der Waals surface area contributed by atoms with Gasteiger partial charge in [-0.3, -0.25) is 9.36 Å². The van der Waals surface area contributed by atoms with Gasteiger partial charge in [-0.25, -0.2) is 13.9 Å². The molecular formula is C21H17Cl2F4N4O3. The first-order chi connectivity index (χ1) is 15.9. The third kappa shape index (κ3) is 5.78. The Kier molecular flexibility index (Phi) is 7.69. The predicted molar refractivity (Wildman–Crippen MR) is 117 cm³/mol. The first-order valence-electron chi connectivity index (χ1n) is 9.63. The Bertz CT molecular complexity index is 1240. The van der Waals surface area contributed by atoms with E-state index in [9.17, 15) is 32.3 Å². The number of halogens is 6. The van der Waals surface area contributed by atoms with Crippen LogP contribution in [-0.2, 0) is 17.9 Å². The molecule has 2 N–H and O–H groups in total. The molecule has 0 aliphatic heterocycles. The van der Waals surface area contributed by atoms with E-state index < -0.39 is 48.8 Å². The molecule has 2 atom stereocenters. The monoisotopic (exact) mass is 519 g/mol. The van der Waals surface area contributed by atoms with Crippen molar-refractivity contribution in [1.82, 2.24) is 19.7 Å². The molecule has 2 aromatic carbocycles. The van der Waals surface area contributed by atoms with E-state index in [-0.39, 0.29) is 22.0 Å². The minimum atomic E-state index is -4.99. The highest BCUT2D eigenvalue weighted by atomic mass is 35.5. The van der Waals surface area contributed by atoms with Crippen LogP contribution < -0.4 is 11.0 Å². The second-order valence-electron chi connectivity index (χ2n) is 7.20. The van der Waals surface area contributed by atoms with Crippen LogP contribution in [0.4, 0.5) is 17.6 Å². The summed E-state index contributed by atoms with van der Waals surface area (Å²) in [4.78, 5) is 25.2. The lowest BCUT2D eigenvalue weighted by Gasteiger charge is -2.15. The Labute approximate surface area is 200 Å². The van der Waals surface area contributed by atoms with Gasteiger partial charge >= 0.3 is 11.9 Å². The minimum absolute atomic E-state index is 0.00567. The minimum Gasteiger partial charge on any atom is -0.382 e. The van der Waals surface area contributed by atoms with Crippen molar-refractivity contribution in [2.24, 2.45) is 0 Å². The van der Waals surface area contributed by atoms with Crippen LogP contribution in [0.25, 0.3) is 11.4 Å². The lowest BCUT2D eigenvalue weighted by atomic mass is 10.1. The molecule has 13 heteroatoms. The smallest absolute Gasteiger partial charge is 0.382 e. The van der Waals surface area contributed by atoms with Gasteiger partial charge < -0.3 is 10.4 Å². The fraction of sp³-hybridized carbons (Fsp3) is 0.238. The molecule has 1 heterocycles. The molecule has 0 bridgehead atoms. The van der Waals surface area contributed by atoms with E-state index in [1.165, 1.54) is 42.5 Å². The van der Waals surface area contributed by atoms with Crippen molar-refractivity contribution in [1.29, 1.82) is 0 Å². The van der Waals surface area contributed by atoms with Gasteiger partial charge in [0.2, 0.25) is 5.91 Å². The molecule has 0 saturated carbocycles. The molecule has 7 nitrogen and oxygen atoms in total. The predicted octanol–water partition coefficient (Wildman–Crippen LogP) is 3.77. The number of benzene rings is 2. The number of amides is 1. The molecule has 0 fully saturated rings. The van der Waals surface area contributed by atoms with E-state index in [0.29, 0.717) is 14.3 Å². The number of hydrogen-bond donors (Lipinski definition) is 2. The molecule has 1 amide bonds.